The molecule has 2 aromatic rings. The third kappa shape index (κ3) is 4.66. The molecule has 4 nitrogen and oxygen atoms in total. The Labute approximate surface area is 141 Å². The van der Waals surface area contributed by atoms with Gasteiger partial charge in [0.05, 0.1) is 11.7 Å². The van der Waals surface area contributed by atoms with Crippen LogP contribution in [0.1, 0.15) is 10.4 Å². The highest BCUT2D eigenvalue weighted by Gasteiger charge is 2.08. The minimum absolute atomic E-state index is 0.0500. The molecule has 7 heteroatoms. The number of hydrogen-bond acceptors (Lipinski definition) is 4. The lowest BCUT2D eigenvalue weighted by atomic mass is 10.2. The molecule has 0 aliphatic carbocycles. The molecule has 0 atom stereocenters. The van der Waals surface area contributed by atoms with Crippen molar-refractivity contribution in [2.75, 3.05) is 11.1 Å². The summed E-state index contributed by atoms with van der Waals surface area (Å²) in [6, 6.07) is 11.1. The summed E-state index contributed by atoms with van der Waals surface area (Å²) in [6.07, 6.45) is 0. The maximum Gasteiger partial charge on any atom is 0.234 e. The molecule has 1 N–H and O–H groups in total. The number of rotatable bonds is 5. The minimum Gasteiger partial charge on any atom is -0.545 e. The molecule has 0 radical (unpaired) electrons. The summed E-state index contributed by atoms with van der Waals surface area (Å²) >= 11 is 12.8. The van der Waals surface area contributed by atoms with Gasteiger partial charge in [0.15, 0.2) is 0 Å². The molecule has 2 aromatic carbocycles. The van der Waals surface area contributed by atoms with E-state index in [0.29, 0.717) is 20.6 Å². The van der Waals surface area contributed by atoms with E-state index in [9.17, 15) is 14.7 Å². The van der Waals surface area contributed by atoms with Crippen molar-refractivity contribution in [3.05, 3.63) is 58.1 Å². The molecule has 0 aromatic heterocycles. The average Bonchev–Trinajstić information content (AvgIpc) is 2.44. The van der Waals surface area contributed by atoms with E-state index in [1.54, 1.807) is 36.4 Å². The van der Waals surface area contributed by atoms with E-state index < -0.39 is 5.97 Å². The van der Waals surface area contributed by atoms with Crippen LogP contribution < -0.4 is 10.4 Å². The van der Waals surface area contributed by atoms with Crippen molar-refractivity contribution in [1.82, 2.24) is 0 Å². The highest BCUT2D eigenvalue weighted by atomic mass is 35.5. The number of benzene rings is 2. The lowest BCUT2D eigenvalue weighted by Gasteiger charge is -2.10. The zero-order valence-corrected chi connectivity index (χ0v) is 13.5. The number of nitrogens with one attached hydrogen (secondary N) is 1. The van der Waals surface area contributed by atoms with Crippen molar-refractivity contribution < 1.29 is 14.7 Å². The molecule has 0 heterocycles. The van der Waals surface area contributed by atoms with E-state index in [2.05, 4.69) is 5.32 Å². The van der Waals surface area contributed by atoms with Crippen LogP contribution in [0, 0.1) is 0 Å². The van der Waals surface area contributed by atoms with Crippen molar-refractivity contribution in [3.63, 3.8) is 0 Å². The largest absolute Gasteiger partial charge is 0.545 e. The number of carbonyl (C=O) groups is 2. The minimum atomic E-state index is -1.27. The van der Waals surface area contributed by atoms with E-state index in [0.717, 1.165) is 11.8 Å². The zero-order chi connectivity index (χ0) is 16.1. The molecule has 0 aliphatic rings. The van der Waals surface area contributed by atoms with E-state index in [4.69, 9.17) is 23.2 Å². The standard InChI is InChI=1S/C15H11Cl2NO3S/c16-9-5-10(17)7-11(6-9)18-14(19)8-22-13-4-2-1-3-12(13)15(20)21/h1-7H,8H2,(H,18,19)(H,20,21)/p-1. The number of anilines is 1. The molecule has 2 rings (SSSR count). The molecule has 114 valence electrons. The van der Waals surface area contributed by atoms with Crippen LogP contribution in [0.5, 0.6) is 0 Å². The summed E-state index contributed by atoms with van der Waals surface area (Å²) in [5.41, 5.74) is 0.544. The molecule has 0 saturated heterocycles. The van der Waals surface area contributed by atoms with Gasteiger partial charge in [-0.25, -0.2) is 0 Å². The third-order valence-corrected chi connectivity index (χ3v) is 4.12. The summed E-state index contributed by atoms with van der Waals surface area (Å²) in [6.45, 7) is 0. The van der Waals surface area contributed by atoms with Gasteiger partial charge in [0.2, 0.25) is 5.91 Å². The van der Waals surface area contributed by atoms with Crippen LogP contribution in [0.2, 0.25) is 10.0 Å². The summed E-state index contributed by atoms with van der Waals surface area (Å²) in [5, 5.41) is 14.5. The number of amides is 1. The smallest absolute Gasteiger partial charge is 0.234 e. The fourth-order valence-corrected chi connectivity index (χ4v) is 3.09. The lowest BCUT2D eigenvalue weighted by Crippen LogP contribution is -2.23. The van der Waals surface area contributed by atoms with E-state index in [-0.39, 0.29) is 17.2 Å². The maximum absolute atomic E-state index is 11.9. The zero-order valence-electron chi connectivity index (χ0n) is 11.1. The van der Waals surface area contributed by atoms with Crippen LogP contribution in [0.4, 0.5) is 5.69 Å². The maximum atomic E-state index is 11.9. The van der Waals surface area contributed by atoms with Gasteiger partial charge >= 0.3 is 0 Å². The van der Waals surface area contributed by atoms with Gasteiger partial charge < -0.3 is 15.2 Å². The average molecular weight is 355 g/mol. The first-order valence-corrected chi connectivity index (χ1v) is 7.89. The van der Waals surface area contributed by atoms with Gasteiger partial charge in [-0.2, -0.15) is 0 Å². The van der Waals surface area contributed by atoms with Gasteiger partial charge in [0, 0.05) is 26.2 Å². The summed E-state index contributed by atoms with van der Waals surface area (Å²) in [5.74, 6) is -1.52. The quantitative estimate of drug-likeness (QED) is 0.837. The monoisotopic (exact) mass is 354 g/mol. The lowest BCUT2D eigenvalue weighted by molar-refractivity contribution is -0.255. The molecule has 22 heavy (non-hydrogen) atoms. The highest BCUT2D eigenvalue weighted by molar-refractivity contribution is 8.00. The number of carboxylic acids is 1. The molecule has 0 fully saturated rings. The Hall–Kier alpha value is -1.69. The van der Waals surface area contributed by atoms with Crippen molar-refractivity contribution in [2.45, 2.75) is 4.90 Å². The first-order valence-electron chi connectivity index (χ1n) is 6.15. The summed E-state index contributed by atoms with van der Waals surface area (Å²) in [4.78, 5) is 23.4. The van der Waals surface area contributed by atoms with E-state index in [1.807, 2.05) is 0 Å². The highest BCUT2D eigenvalue weighted by Crippen LogP contribution is 2.24. The molecule has 0 spiro atoms. The topological polar surface area (TPSA) is 69.2 Å². The number of carboxylic acid groups (broad SMARTS) is 1. The third-order valence-electron chi connectivity index (χ3n) is 2.61. The van der Waals surface area contributed by atoms with Gasteiger partial charge in [-0.3, -0.25) is 4.79 Å². The first kappa shape index (κ1) is 16.7. The number of hydrogen-bond donors (Lipinski definition) is 1. The second kappa shape index (κ2) is 7.54. The Morgan fingerprint density at radius 1 is 1.09 bits per heavy atom. The Morgan fingerprint density at radius 2 is 1.73 bits per heavy atom. The fourth-order valence-electron chi connectivity index (χ4n) is 1.73. The summed E-state index contributed by atoms with van der Waals surface area (Å²) < 4.78 is 0. The predicted molar refractivity (Wildman–Crippen MR) is 86.6 cm³/mol. The van der Waals surface area contributed by atoms with Crippen LogP contribution in [-0.2, 0) is 4.79 Å². The van der Waals surface area contributed by atoms with Crippen molar-refractivity contribution in [2.24, 2.45) is 0 Å². The van der Waals surface area contributed by atoms with Gasteiger partial charge in [0.1, 0.15) is 0 Å². The molecular weight excluding hydrogens is 345 g/mol. The van der Waals surface area contributed by atoms with Crippen LogP contribution in [0.15, 0.2) is 47.4 Å². The van der Waals surface area contributed by atoms with Crippen LogP contribution in [-0.4, -0.2) is 17.6 Å². The van der Waals surface area contributed by atoms with Crippen LogP contribution in [0.3, 0.4) is 0 Å². The molecular formula is C15H10Cl2NO3S-. The number of halogens is 2. The SMILES string of the molecule is O=C(CSc1ccccc1C(=O)[O-])Nc1cc(Cl)cc(Cl)c1. The van der Waals surface area contributed by atoms with Gasteiger partial charge in [-0.15, -0.1) is 11.8 Å². The number of thioether (sulfide) groups is 1. The predicted octanol–water partition coefficient (Wildman–Crippen LogP) is 3.09. The van der Waals surface area contributed by atoms with E-state index >= 15 is 0 Å². The van der Waals surface area contributed by atoms with Crippen molar-refractivity contribution in [1.29, 1.82) is 0 Å². The van der Waals surface area contributed by atoms with Gasteiger partial charge in [-0.05, 0) is 24.3 Å². The second-order valence-electron chi connectivity index (χ2n) is 4.28. The van der Waals surface area contributed by atoms with Gasteiger partial charge in [0.25, 0.3) is 0 Å². The van der Waals surface area contributed by atoms with E-state index in [1.165, 1.54) is 6.07 Å². The molecule has 0 bridgehead atoms. The Morgan fingerprint density at radius 3 is 2.36 bits per heavy atom. The van der Waals surface area contributed by atoms with Crippen molar-refractivity contribution >= 4 is 52.5 Å². The summed E-state index contributed by atoms with van der Waals surface area (Å²) in [7, 11) is 0. The molecule has 1 amide bonds. The number of carbonyl (C=O) groups excluding carboxylic acids is 2. The van der Waals surface area contributed by atoms with Gasteiger partial charge in [-0.1, -0.05) is 41.4 Å². The molecule has 0 unspecified atom stereocenters. The normalized spacial score (nSPS) is 10.3. The molecule has 0 aliphatic heterocycles. The number of aromatic carboxylic acids is 1. The first-order chi connectivity index (χ1) is 10.5. The van der Waals surface area contributed by atoms with Crippen LogP contribution >= 0.6 is 35.0 Å². The van der Waals surface area contributed by atoms with Crippen molar-refractivity contribution in [3.8, 4) is 0 Å². The Kier molecular flexibility index (Phi) is 5.71. The second-order valence-corrected chi connectivity index (χ2v) is 6.17. The Bertz CT molecular complexity index is 701. The Balaban J connectivity index is 2.00. The fraction of sp³-hybridized carbons (Fsp3) is 0.0667. The molecule has 0 saturated carbocycles. The van der Waals surface area contributed by atoms with Crippen LogP contribution in [0.25, 0.3) is 0 Å².